The van der Waals surface area contributed by atoms with Crippen molar-refractivity contribution in [1.82, 2.24) is 14.5 Å². The molecule has 0 N–H and O–H groups in total. The highest BCUT2D eigenvalue weighted by Crippen LogP contribution is 2.31. The van der Waals surface area contributed by atoms with Crippen molar-refractivity contribution in [2.24, 2.45) is 0 Å². The van der Waals surface area contributed by atoms with E-state index in [0.29, 0.717) is 0 Å². The van der Waals surface area contributed by atoms with Crippen LogP contribution in [-0.4, -0.2) is 20.5 Å². The smallest absolute Gasteiger partial charge is 0.311 e. The molecule has 0 aliphatic carbocycles. The highest BCUT2D eigenvalue weighted by molar-refractivity contribution is 7.15. The average molecular weight is 434 g/mol. The number of hydrogen-bond donors (Lipinski definition) is 0. The SMILES string of the molecule is CCCn1cnc2cc(COC(=O)Cc3sc(-c4ccc(C)cc4C)nc3C)ccc21. The first-order valence-electron chi connectivity index (χ1n) is 10.6. The fraction of sp³-hybridized carbons (Fsp3) is 0.320. The van der Waals surface area contributed by atoms with Crippen molar-refractivity contribution in [1.29, 1.82) is 0 Å². The van der Waals surface area contributed by atoms with Gasteiger partial charge in [0.25, 0.3) is 0 Å². The molecule has 0 aliphatic rings. The maximum atomic E-state index is 12.5. The van der Waals surface area contributed by atoms with Crippen LogP contribution >= 0.6 is 11.3 Å². The van der Waals surface area contributed by atoms with E-state index in [2.05, 4.69) is 48.5 Å². The minimum atomic E-state index is -0.240. The van der Waals surface area contributed by atoms with E-state index >= 15 is 0 Å². The monoisotopic (exact) mass is 433 g/mol. The molecule has 0 saturated carbocycles. The first-order chi connectivity index (χ1) is 14.9. The summed E-state index contributed by atoms with van der Waals surface area (Å²) in [6.07, 6.45) is 3.17. The molecule has 0 spiro atoms. The number of aryl methyl sites for hydroxylation is 4. The normalized spacial score (nSPS) is 11.2. The van der Waals surface area contributed by atoms with Crippen LogP contribution in [-0.2, 0) is 29.1 Å². The van der Waals surface area contributed by atoms with Crippen molar-refractivity contribution >= 4 is 28.3 Å². The Kier molecular flexibility index (Phi) is 6.18. The zero-order valence-electron chi connectivity index (χ0n) is 18.4. The zero-order chi connectivity index (χ0) is 22.0. The lowest BCUT2D eigenvalue weighted by atomic mass is 10.1. The van der Waals surface area contributed by atoms with Gasteiger partial charge in [-0.3, -0.25) is 4.79 Å². The number of rotatable bonds is 7. The van der Waals surface area contributed by atoms with Crippen LogP contribution in [0.3, 0.4) is 0 Å². The number of esters is 1. The highest BCUT2D eigenvalue weighted by Gasteiger charge is 2.15. The molecule has 0 saturated heterocycles. The lowest BCUT2D eigenvalue weighted by Gasteiger charge is -2.06. The molecule has 2 heterocycles. The van der Waals surface area contributed by atoms with Crippen LogP contribution in [0.15, 0.2) is 42.7 Å². The molecule has 2 aromatic carbocycles. The predicted molar refractivity (Wildman–Crippen MR) is 125 cm³/mol. The number of carbonyl (C=O) groups is 1. The summed E-state index contributed by atoms with van der Waals surface area (Å²) in [5, 5.41) is 0.950. The van der Waals surface area contributed by atoms with Gasteiger partial charge < -0.3 is 9.30 Å². The Morgan fingerprint density at radius 2 is 1.97 bits per heavy atom. The third kappa shape index (κ3) is 4.69. The minimum Gasteiger partial charge on any atom is -0.461 e. The van der Waals surface area contributed by atoms with Crippen LogP contribution < -0.4 is 0 Å². The molecule has 0 aliphatic heterocycles. The number of fused-ring (bicyclic) bond motifs is 1. The fourth-order valence-corrected chi connectivity index (χ4v) is 4.86. The van der Waals surface area contributed by atoms with Crippen LogP contribution in [0, 0.1) is 20.8 Å². The third-order valence-electron chi connectivity index (χ3n) is 5.36. The van der Waals surface area contributed by atoms with Crippen molar-refractivity contribution < 1.29 is 9.53 Å². The third-order valence-corrected chi connectivity index (χ3v) is 6.55. The van der Waals surface area contributed by atoms with E-state index in [1.807, 2.05) is 31.5 Å². The molecule has 4 rings (SSSR count). The van der Waals surface area contributed by atoms with Crippen molar-refractivity contribution in [2.45, 2.75) is 53.7 Å². The number of benzene rings is 2. The molecule has 0 unspecified atom stereocenters. The van der Waals surface area contributed by atoms with E-state index in [1.54, 1.807) is 11.3 Å². The van der Waals surface area contributed by atoms with E-state index in [0.717, 1.165) is 50.7 Å². The Labute approximate surface area is 186 Å². The fourth-order valence-electron chi connectivity index (χ4n) is 3.73. The molecule has 5 nitrogen and oxygen atoms in total. The number of hydrogen-bond acceptors (Lipinski definition) is 5. The van der Waals surface area contributed by atoms with E-state index in [-0.39, 0.29) is 19.0 Å². The van der Waals surface area contributed by atoms with E-state index in [9.17, 15) is 4.79 Å². The molecule has 4 aromatic rings. The first kappa shape index (κ1) is 21.2. The molecular weight excluding hydrogens is 406 g/mol. The Balaban J connectivity index is 1.41. The van der Waals surface area contributed by atoms with Gasteiger partial charge in [-0.1, -0.05) is 36.8 Å². The largest absolute Gasteiger partial charge is 0.461 e. The summed E-state index contributed by atoms with van der Waals surface area (Å²) in [4.78, 5) is 22.6. The Morgan fingerprint density at radius 3 is 2.74 bits per heavy atom. The van der Waals surface area contributed by atoms with Crippen LogP contribution in [0.25, 0.3) is 21.6 Å². The summed E-state index contributed by atoms with van der Waals surface area (Å²) in [7, 11) is 0. The standard InChI is InChI=1S/C25H27N3O2S/c1-5-10-28-15-26-21-12-19(7-9-22(21)28)14-30-24(29)13-23-18(4)27-25(31-23)20-8-6-16(2)11-17(20)3/h6-9,11-12,15H,5,10,13-14H2,1-4H3. The maximum Gasteiger partial charge on any atom is 0.311 e. The molecular formula is C25H27N3O2S. The Morgan fingerprint density at radius 1 is 1.13 bits per heavy atom. The summed E-state index contributed by atoms with van der Waals surface area (Å²) >= 11 is 1.57. The lowest BCUT2D eigenvalue weighted by Crippen LogP contribution is -2.08. The molecule has 0 fully saturated rings. The van der Waals surface area contributed by atoms with Crippen molar-refractivity contribution in [2.75, 3.05) is 0 Å². The van der Waals surface area contributed by atoms with Gasteiger partial charge in [0.05, 0.1) is 29.5 Å². The molecule has 160 valence electrons. The molecule has 0 bridgehead atoms. The number of thiazole rings is 1. The van der Waals surface area contributed by atoms with E-state index < -0.39 is 0 Å². The summed E-state index contributed by atoms with van der Waals surface area (Å²) in [5.41, 5.74) is 7.41. The van der Waals surface area contributed by atoms with Gasteiger partial charge in [0.2, 0.25) is 0 Å². The van der Waals surface area contributed by atoms with Gasteiger partial charge in [0.1, 0.15) is 11.6 Å². The van der Waals surface area contributed by atoms with Crippen molar-refractivity contribution in [3.8, 4) is 10.6 Å². The topological polar surface area (TPSA) is 57.0 Å². The zero-order valence-corrected chi connectivity index (χ0v) is 19.3. The molecule has 0 atom stereocenters. The number of imidazole rings is 1. The molecule has 6 heteroatoms. The minimum absolute atomic E-state index is 0.238. The predicted octanol–water partition coefficient (Wildman–Crippen LogP) is 5.78. The van der Waals surface area contributed by atoms with Gasteiger partial charge in [-0.15, -0.1) is 11.3 Å². The van der Waals surface area contributed by atoms with Crippen LogP contribution in [0.2, 0.25) is 0 Å². The second kappa shape index (κ2) is 9.02. The van der Waals surface area contributed by atoms with Crippen LogP contribution in [0.1, 0.15) is 40.6 Å². The Hall–Kier alpha value is -2.99. The van der Waals surface area contributed by atoms with Gasteiger partial charge in [-0.2, -0.15) is 0 Å². The van der Waals surface area contributed by atoms with Gasteiger partial charge >= 0.3 is 5.97 Å². The summed E-state index contributed by atoms with van der Waals surface area (Å²) in [6, 6.07) is 12.4. The van der Waals surface area contributed by atoms with Gasteiger partial charge in [-0.25, -0.2) is 9.97 Å². The van der Waals surface area contributed by atoms with Gasteiger partial charge in [0.15, 0.2) is 0 Å². The molecule has 2 aromatic heterocycles. The summed E-state index contributed by atoms with van der Waals surface area (Å²) in [5.74, 6) is -0.240. The summed E-state index contributed by atoms with van der Waals surface area (Å²) < 4.78 is 7.69. The average Bonchev–Trinajstić information content (AvgIpc) is 3.30. The quantitative estimate of drug-likeness (QED) is 0.347. The van der Waals surface area contributed by atoms with E-state index in [1.165, 1.54) is 11.1 Å². The Bertz CT molecular complexity index is 1240. The number of aromatic nitrogens is 3. The van der Waals surface area contributed by atoms with Gasteiger partial charge in [-0.05, 0) is 50.5 Å². The second-order valence-corrected chi connectivity index (χ2v) is 9.03. The lowest BCUT2D eigenvalue weighted by molar-refractivity contribution is -0.144. The number of carbonyl (C=O) groups excluding carboxylic acids is 1. The van der Waals surface area contributed by atoms with Crippen molar-refractivity contribution in [3.63, 3.8) is 0 Å². The van der Waals surface area contributed by atoms with Gasteiger partial charge in [0, 0.05) is 17.0 Å². The molecule has 0 radical (unpaired) electrons. The van der Waals surface area contributed by atoms with Crippen LogP contribution in [0.4, 0.5) is 0 Å². The van der Waals surface area contributed by atoms with Crippen LogP contribution in [0.5, 0.6) is 0 Å². The highest BCUT2D eigenvalue weighted by atomic mass is 32.1. The van der Waals surface area contributed by atoms with E-state index in [4.69, 9.17) is 9.72 Å². The molecule has 0 amide bonds. The maximum absolute atomic E-state index is 12.5. The number of nitrogens with zero attached hydrogens (tertiary/aromatic N) is 3. The molecule has 31 heavy (non-hydrogen) atoms. The number of ether oxygens (including phenoxy) is 1. The van der Waals surface area contributed by atoms with Crippen molar-refractivity contribution in [3.05, 3.63) is 70.0 Å². The summed E-state index contributed by atoms with van der Waals surface area (Å²) in [6.45, 7) is 9.47. The first-order valence-corrected chi connectivity index (χ1v) is 11.4. The second-order valence-electron chi connectivity index (χ2n) is 7.94.